The van der Waals surface area contributed by atoms with Gasteiger partial charge in [-0.1, -0.05) is 0 Å². The van der Waals surface area contributed by atoms with Crippen molar-refractivity contribution in [3.8, 4) is 0 Å². The number of hydrogen-bond acceptors (Lipinski definition) is 9. The molecule has 1 N–H and O–H groups in total. The van der Waals surface area contributed by atoms with Crippen molar-refractivity contribution in [2.24, 2.45) is 0 Å². The van der Waals surface area contributed by atoms with E-state index in [2.05, 4.69) is 0 Å². The van der Waals surface area contributed by atoms with Crippen LogP contribution in [0.5, 0.6) is 0 Å². The molecule has 1 amide bonds. The van der Waals surface area contributed by atoms with Gasteiger partial charge in [-0.05, 0) is 6.92 Å². The number of carbonyl (C=O) groups excluding carboxylic acids is 1. The number of sulfone groups is 3. The van der Waals surface area contributed by atoms with Gasteiger partial charge in [0.15, 0.2) is 0 Å². The number of alkyl halides is 15. The first-order valence-electron chi connectivity index (χ1n) is 7.96. The lowest BCUT2D eigenvalue weighted by Gasteiger charge is -2.37. The summed E-state index contributed by atoms with van der Waals surface area (Å²) in [5, 5.41) is -16.6. The Balaban J connectivity index is 7.66. The second-order valence-electron chi connectivity index (χ2n) is 6.69. The van der Waals surface area contributed by atoms with Crippen molar-refractivity contribution < 1.29 is 104 Å². The van der Waals surface area contributed by atoms with E-state index in [1.165, 1.54) is 0 Å². The van der Waals surface area contributed by atoms with Gasteiger partial charge in [0.1, 0.15) is 6.42 Å². The number of carbonyl (C=O) groups is 1. The van der Waals surface area contributed by atoms with Gasteiger partial charge < -0.3 is 0 Å². The van der Waals surface area contributed by atoms with Crippen LogP contribution in [0.2, 0.25) is 0 Å². The van der Waals surface area contributed by atoms with E-state index in [-0.39, 0.29) is 0 Å². The summed E-state index contributed by atoms with van der Waals surface area (Å²) in [6.07, 6.45) is -8.97. The molecule has 0 bridgehead atoms. The summed E-state index contributed by atoms with van der Waals surface area (Å²) in [6, 6.07) is 0. The van der Waals surface area contributed by atoms with Crippen LogP contribution in [0, 0.1) is 0 Å². The van der Waals surface area contributed by atoms with Crippen LogP contribution in [-0.4, -0.2) is 76.6 Å². The molecular weight excluding hydrogens is 691 g/mol. The van der Waals surface area contributed by atoms with E-state index in [1.807, 2.05) is 0 Å². The summed E-state index contributed by atoms with van der Waals surface area (Å²) in [6.45, 7) is -1.93. The van der Waals surface area contributed by atoms with Crippen LogP contribution in [0.3, 0.4) is 0 Å². The third kappa shape index (κ3) is 5.33. The zero-order chi connectivity index (χ0) is 32.5. The Morgan fingerprint density at radius 2 is 0.872 bits per heavy atom. The first-order chi connectivity index (χ1) is 16.4. The maximum absolute atomic E-state index is 14.3. The standard InChI is InChI=1S/C10H6F15NO9S4/c1-4(37(30,31)9(20,21)22,38(32,33)10(23,24)25)36(28,29)7(16,17)6(14,15)8(18,19)39(34,35)26-3(27)2-5(11,12)13/h2H2,1H3,(H,26,27). The van der Waals surface area contributed by atoms with Gasteiger partial charge in [0.05, 0.1) is 0 Å². The first kappa shape index (κ1) is 37.2. The van der Waals surface area contributed by atoms with Gasteiger partial charge in [0, 0.05) is 0 Å². The number of hydrogen-bond donors (Lipinski definition) is 1. The van der Waals surface area contributed by atoms with Gasteiger partial charge in [-0.3, -0.25) is 4.79 Å². The Bertz CT molecular complexity index is 1380. The van der Waals surface area contributed by atoms with Gasteiger partial charge in [0.2, 0.25) is 5.91 Å². The van der Waals surface area contributed by atoms with Crippen LogP contribution in [0.1, 0.15) is 13.3 Å². The fourth-order valence-electron chi connectivity index (χ4n) is 2.03. The van der Waals surface area contributed by atoms with Crippen molar-refractivity contribution in [3.05, 3.63) is 0 Å². The third-order valence-electron chi connectivity index (χ3n) is 4.09. The SMILES string of the molecule is CC(S(=O)(=O)C(F)(F)F)(S(=O)(=O)C(F)(F)F)S(=O)(=O)C(F)(F)C(F)(F)C(F)(F)S(=O)(=O)NC(=O)CC(F)(F)F. The molecule has 29 heteroatoms. The van der Waals surface area contributed by atoms with Crippen LogP contribution < -0.4 is 4.72 Å². The predicted octanol–water partition coefficient (Wildman–Crippen LogP) is 2.16. The van der Waals surface area contributed by atoms with Crippen LogP contribution in [0.25, 0.3) is 0 Å². The molecule has 0 fully saturated rings. The molecule has 0 saturated carbocycles. The highest BCUT2D eigenvalue weighted by atomic mass is 32.3. The minimum Gasteiger partial charge on any atom is -0.274 e. The van der Waals surface area contributed by atoms with Gasteiger partial charge in [-0.15, -0.1) is 0 Å². The van der Waals surface area contributed by atoms with E-state index in [1.54, 1.807) is 0 Å². The number of nitrogens with one attached hydrogen (secondary N) is 1. The third-order valence-corrected chi connectivity index (χ3v) is 14.5. The Hall–Kier alpha value is -1.78. The van der Waals surface area contributed by atoms with E-state index in [0.29, 0.717) is 0 Å². The molecule has 10 nitrogen and oxygen atoms in total. The Morgan fingerprint density at radius 3 is 1.13 bits per heavy atom. The maximum atomic E-state index is 14.3. The lowest BCUT2D eigenvalue weighted by molar-refractivity contribution is -0.244. The highest BCUT2D eigenvalue weighted by Crippen LogP contribution is 2.57. The van der Waals surface area contributed by atoms with Crippen molar-refractivity contribution in [1.29, 1.82) is 0 Å². The second-order valence-corrected chi connectivity index (χ2v) is 16.1. The number of amides is 1. The fraction of sp³-hybridized carbons (Fsp3) is 0.900. The summed E-state index contributed by atoms with van der Waals surface area (Å²) in [5.74, 6) is -11.8. The van der Waals surface area contributed by atoms with Crippen molar-refractivity contribution in [2.75, 3.05) is 0 Å². The van der Waals surface area contributed by atoms with Crippen LogP contribution >= 0.6 is 0 Å². The number of sulfonamides is 1. The minimum absolute atomic E-state index is 0.611. The Kier molecular flexibility index (Phi) is 8.95. The summed E-state index contributed by atoms with van der Waals surface area (Å²) in [7, 11) is -35.4. The molecule has 0 aromatic rings. The molecule has 0 aliphatic heterocycles. The number of rotatable bonds is 9. The molecule has 0 aliphatic carbocycles. The molecule has 0 atom stereocenters. The molecule has 39 heavy (non-hydrogen) atoms. The quantitative estimate of drug-likeness (QED) is 0.356. The smallest absolute Gasteiger partial charge is 0.274 e. The second kappa shape index (κ2) is 9.38. The van der Waals surface area contributed by atoms with Crippen LogP contribution in [0.15, 0.2) is 0 Å². The van der Waals surface area contributed by atoms with E-state index >= 15 is 0 Å². The summed E-state index contributed by atoms with van der Waals surface area (Å²) >= 11 is 0. The van der Waals surface area contributed by atoms with Crippen molar-refractivity contribution in [1.82, 2.24) is 4.72 Å². The fourth-order valence-corrected chi connectivity index (χ4v) is 10.1. The molecule has 0 aromatic carbocycles. The predicted molar refractivity (Wildman–Crippen MR) is 89.8 cm³/mol. The average molecular weight is 697 g/mol. The lowest BCUT2D eigenvalue weighted by Crippen LogP contribution is -2.69. The maximum Gasteiger partial charge on any atom is 0.500 e. The van der Waals surface area contributed by atoms with Crippen LogP contribution in [0.4, 0.5) is 65.9 Å². The summed E-state index contributed by atoms with van der Waals surface area (Å²) in [5.41, 5.74) is -15.4. The lowest BCUT2D eigenvalue weighted by atomic mass is 10.3. The van der Waals surface area contributed by atoms with Gasteiger partial charge in [0.25, 0.3) is 32.9 Å². The highest BCUT2D eigenvalue weighted by Gasteiger charge is 2.89. The Morgan fingerprint density at radius 1 is 0.564 bits per heavy atom. The molecule has 0 aromatic heterocycles. The minimum atomic E-state index is -9.48. The highest BCUT2D eigenvalue weighted by molar-refractivity contribution is 8.26. The molecule has 234 valence electrons. The van der Waals surface area contributed by atoms with E-state index in [9.17, 15) is 104 Å². The van der Waals surface area contributed by atoms with Crippen LogP contribution in [-0.2, 0) is 44.3 Å². The number of halogens is 15. The van der Waals surface area contributed by atoms with E-state index in [4.69, 9.17) is 0 Å². The normalized spacial score (nSPS) is 16.2. The molecule has 0 radical (unpaired) electrons. The van der Waals surface area contributed by atoms with Crippen molar-refractivity contribution in [3.63, 3.8) is 0 Å². The topological polar surface area (TPSA) is 166 Å². The Labute approximate surface area is 205 Å². The van der Waals surface area contributed by atoms with Crippen molar-refractivity contribution in [2.45, 2.75) is 50.4 Å². The monoisotopic (exact) mass is 697 g/mol. The summed E-state index contributed by atoms with van der Waals surface area (Å²) < 4.78 is 282. The zero-order valence-corrected chi connectivity index (χ0v) is 20.4. The molecule has 0 aliphatic rings. The molecule has 0 heterocycles. The molecular formula is C10H6F15NO9S4. The van der Waals surface area contributed by atoms with Gasteiger partial charge >= 0.3 is 43.6 Å². The van der Waals surface area contributed by atoms with E-state index < -0.39 is 101 Å². The molecule has 0 rings (SSSR count). The van der Waals surface area contributed by atoms with Gasteiger partial charge in [-0.25, -0.2) is 30.0 Å². The summed E-state index contributed by atoms with van der Waals surface area (Å²) in [4.78, 5) is 10.8. The first-order valence-corrected chi connectivity index (χ1v) is 13.9. The average Bonchev–Trinajstić information content (AvgIpc) is 2.62. The zero-order valence-electron chi connectivity index (χ0n) is 17.2. The molecule has 0 spiro atoms. The van der Waals surface area contributed by atoms with E-state index in [0.717, 1.165) is 0 Å². The largest absolute Gasteiger partial charge is 0.500 e. The van der Waals surface area contributed by atoms with Crippen molar-refractivity contribution >= 4 is 45.4 Å². The van der Waals surface area contributed by atoms with Gasteiger partial charge in [-0.2, -0.15) is 74.3 Å². The molecule has 0 saturated heterocycles. The molecule has 0 unspecified atom stereocenters.